The van der Waals surface area contributed by atoms with E-state index in [2.05, 4.69) is 20.9 Å². The lowest BCUT2D eigenvalue weighted by Crippen LogP contribution is -2.30. The van der Waals surface area contributed by atoms with Crippen LogP contribution in [0.3, 0.4) is 0 Å². The summed E-state index contributed by atoms with van der Waals surface area (Å²) in [7, 11) is 1.62. The van der Waals surface area contributed by atoms with E-state index in [0.717, 1.165) is 29.9 Å². The molecule has 30 heavy (non-hydrogen) atoms. The van der Waals surface area contributed by atoms with E-state index in [1.807, 2.05) is 63.2 Å². The van der Waals surface area contributed by atoms with Crippen molar-refractivity contribution in [1.82, 2.24) is 5.32 Å². The van der Waals surface area contributed by atoms with Crippen LogP contribution in [0.4, 0.5) is 11.4 Å². The maximum absolute atomic E-state index is 11.7. The van der Waals surface area contributed by atoms with Gasteiger partial charge < -0.3 is 25.4 Å². The standard InChI is InChI=1S/C23H32N4O3/c1-5-8-22(28)26-18-11-9-17(10-12-18)16-25-23(24-6-2)27-19-13-14-20(30-7-3)21(15-19)29-4/h9-15H,5-8,16H2,1-4H3,(H,26,28)(H2,24,25,27). The molecule has 0 radical (unpaired) electrons. The number of carbonyl (C=O) groups is 1. The number of nitrogens with zero attached hydrogens (tertiary/aromatic N) is 1. The van der Waals surface area contributed by atoms with Gasteiger partial charge in [0, 0.05) is 30.4 Å². The van der Waals surface area contributed by atoms with Crippen LogP contribution in [0, 0.1) is 0 Å². The minimum absolute atomic E-state index is 0.0349. The number of amides is 1. The van der Waals surface area contributed by atoms with Crippen LogP contribution in [0.25, 0.3) is 0 Å². The van der Waals surface area contributed by atoms with E-state index < -0.39 is 0 Å². The summed E-state index contributed by atoms with van der Waals surface area (Å²) in [5.41, 5.74) is 2.70. The fraction of sp³-hybridized carbons (Fsp3) is 0.391. The van der Waals surface area contributed by atoms with Crippen molar-refractivity contribution in [3.05, 3.63) is 48.0 Å². The van der Waals surface area contributed by atoms with E-state index in [1.54, 1.807) is 7.11 Å². The second-order valence-corrected chi connectivity index (χ2v) is 6.61. The van der Waals surface area contributed by atoms with Gasteiger partial charge in [0.15, 0.2) is 17.5 Å². The molecule has 7 nitrogen and oxygen atoms in total. The predicted molar refractivity (Wildman–Crippen MR) is 123 cm³/mol. The molecule has 2 rings (SSSR count). The molecule has 0 spiro atoms. The number of carbonyl (C=O) groups excluding carboxylic acids is 1. The van der Waals surface area contributed by atoms with Crippen LogP contribution in [0.2, 0.25) is 0 Å². The number of aliphatic imine (C=N–C) groups is 1. The monoisotopic (exact) mass is 412 g/mol. The molecule has 0 saturated heterocycles. The summed E-state index contributed by atoms with van der Waals surface area (Å²) in [5.74, 6) is 2.08. The molecule has 0 fully saturated rings. The number of guanidine groups is 1. The van der Waals surface area contributed by atoms with Gasteiger partial charge in [0.2, 0.25) is 5.91 Å². The van der Waals surface area contributed by atoms with Gasteiger partial charge in [-0.25, -0.2) is 4.99 Å². The minimum Gasteiger partial charge on any atom is -0.493 e. The maximum atomic E-state index is 11.7. The molecule has 0 aliphatic carbocycles. The van der Waals surface area contributed by atoms with Crippen molar-refractivity contribution in [3.8, 4) is 11.5 Å². The van der Waals surface area contributed by atoms with Gasteiger partial charge in [0.1, 0.15) is 0 Å². The molecule has 2 aromatic rings. The van der Waals surface area contributed by atoms with E-state index in [0.29, 0.717) is 37.0 Å². The lowest BCUT2D eigenvalue weighted by Gasteiger charge is -2.14. The number of hydrogen-bond donors (Lipinski definition) is 3. The average Bonchev–Trinajstić information content (AvgIpc) is 2.74. The summed E-state index contributed by atoms with van der Waals surface area (Å²) in [6, 6.07) is 13.4. The summed E-state index contributed by atoms with van der Waals surface area (Å²) in [4.78, 5) is 16.3. The van der Waals surface area contributed by atoms with E-state index in [-0.39, 0.29) is 5.91 Å². The zero-order valence-corrected chi connectivity index (χ0v) is 18.2. The largest absolute Gasteiger partial charge is 0.493 e. The van der Waals surface area contributed by atoms with Gasteiger partial charge in [-0.2, -0.15) is 0 Å². The fourth-order valence-corrected chi connectivity index (χ4v) is 2.78. The number of nitrogens with one attached hydrogen (secondary N) is 3. The first-order valence-electron chi connectivity index (χ1n) is 10.3. The summed E-state index contributed by atoms with van der Waals surface area (Å²) >= 11 is 0. The Morgan fingerprint density at radius 1 is 0.967 bits per heavy atom. The molecule has 0 heterocycles. The Morgan fingerprint density at radius 2 is 1.70 bits per heavy atom. The van der Waals surface area contributed by atoms with Gasteiger partial charge >= 0.3 is 0 Å². The number of rotatable bonds is 10. The molecule has 0 saturated carbocycles. The number of ether oxygens (including phenoxy) is 2. The topological polar surface area (TPSA) is 84.0 Å². The zero-order valence-electron chi connectivity index (χ0n) is 18.2. The highest BCUT2D eigenvalue weighted by molar-refractivity contribution is 5.94. The van der Waals surface area contributed by atoms with Gasteiger partial charge in [-0.1, -0.05) is 19.1 Å². The molecule has 7 heteroatoms. The molecular weight excluding hydrogens is 380 g/mol. The van der Waals surface area contributed by atoms with Crippen molar-refractivity contribution in [2.75, 3.05) is 30.9 Å². The molecule has 1 amide bonds. The fourth-order valence-electron chi connectivity index (χ4n) is 2.78. The molecule has 0 unspecified atom stereocenters. The van der Waals surface area contributed by atoms with E-state index >= 15 is 0 Å². The van der Waals surface area contributed by atoms with Gasteiger partial charge in [0.25, 0.3) is 0 Å². The maximum Gasteiger partial charge on any atom is 0.224 e. The SMILES string of the molecule is CCCC(=O)Nc1ccc(CN=C(NCC)Nc2ccc(OCC)c(OC)c2)cc1. The molecule has 0 bridgehead atoms. The highest BCUT2D eigenvalue weighted by atomic mass is 16.5. The number of hydrogen-bond acceptors (Lipinski definition) is 4. The number of methoxy groups -OCH3 is 1. The van der Waals surface area contributed by atoms with E-state index in [4.69, 9.17) is 9.47 Å². The molecule has 0 aliphatic rings. The Bertz CT molecular complexity index is 835. The van der Waals surface area contributed by atoms with Crippen LogP contribution in [0.15, 0.2) is 47.5 Å². The molecule has 2 aromatic carbocycles. The van der Waals surface area contributed by atoms with Crippen LogP contribution < -0.4 is 25.4 Å². The molecule has 0 aromatic heterocycles. The first kappa shape index (κ1) is 23.1. The van der Waals surface area contributed by atoms with Crippen LogP contribution >= 0.6 is 0 Å². The second-order valence-electron chi connectivity index (χ2n) is 6.61. The first-order valence-corrected chi connectivity index (χ1v) is 10.3. The van der Waals surface area contributed by atoms with Crippen molar-refractivity contribution < 1.29 is 14.3 Å². The molecule has 3 N–H and O–H groups in total. The van der Waals surface area contributed by atoms with E-state index in [1.165, 1.54) is 0 Å². The summed E-state index contributed by atoms with van der Waals surface area (Å²) < 4.78 is 11.0. The molecule has 0 aliphatic heterocycles. The van der Waals surface area contributed by atoms with Crippen LogP contribution in [-0.2, 0) is 11.3 Å². The quantitative estimate of drug-likeness (QED) is 0.398. The summed E-state index contributed by atoms with van der Waals surface area (Å²) in [6.45, 7) is 7.76. The zero-order chi connectivity index (χ0) is 21.8. The summed E-state index contributed by atoms with van der Waals surface area (Å²) in [5, 5.41) is 9.42. The normalized spacial score (nSPS) is 11.0. The van der Waals surface area contributed by atoms with Gasteiger partial charge in [-0.15, -0.1) is 0 Å². The average molecular weight is 413 g/mol. The number of anilines is 2. The number of benzene rings is 2. The summed E-state index contributed by atoms with van der Waals surface area (Å²) in [6.07, 6.45) is 1.36. The third kappa shape index (κ3) is 7.31. The van der Waals surface area contributed by atoms with Gasteiger partial charge in [-0.05, 0) is 50.1 Å². The van der Waals surface area contributed by atoms with Crippen molar-refractivity contribution in [1.29, 1.82) is 0 Å². The van der Waals surface area contributed by atoms with Crippen molar-refractivity contribution in [2.24, 2.45) is 4.99 Å². The highest BCUT2D eigenvalue weighted by Gasteiger charge is 2.07. The van der Waals surface area contributed by atoms with Crippen molar-refractivity contribution in [2.45, 2.75) is 40.2 Å². The second kappa shape index (κ2) is 12.4. The lowest BCUT2D eigenvalue weighted by molar-refractivity contribution is -0.116. The first-order chi connectivity index (χ1) is 14.6. The third-order valence-electron chi connectivity index (χ3n) is 4.20. The molecular formula is C23H32N4O3. The Morgan fingerprint density at radius 3 is 2.33 bits per heavy atom. The van der Waals surface area contributed by atoms with Crippen LogP contribution in [-0.4, -0.2) is 32.1 Å². The Hall–Kier alpha value is -3.22. The van der Waals surface area contributed by atoms with Crippen LogP contribution in [0.5, 0.6) is 11.5 Å². The van der Waals surface area contributed by atoms with Crippen molar-refractivity contribution >= 4 is 23.2 Å². The Labute approximate surface area is 178 Å². The Kier molecular flexibility index (Phi) is 9.51. The van der Waals surface area contributed by atoms with Crippen LogP contribution in [0.1, 0.15) is 39.2 Å². The third-order valence-corrected chi connectivity index (χ3v) is 4.20. The smallest absolute Gasteiger partial charge is 0.224 e. The van der Waals surface area contributed by atoms with Gasteiger partial charge in [0.05, 0.1) is 20.3 Å². The minimum atomic E-state index is 0.0349. The highest BCUT2D eigenvalue weighted by Crippen LogP contribution is 2.30. The van der Waals surface area contributed by atoms with E-state index in [9.17, 15) is 4.79 Å². The van der Waals surface area contributed by atoms with Gasteiger partial charge in [-0.3, -0.25) is 4.79 Å². The Balaban J connectivity index is 2.04. The van der Waals surface area contributed by atoms with Crippen molar-refractivity contribution in [3.63, 3.8) is 0 Å². The lowest BCUT2D eigenvalue weighted by atomic mass is 10.2. The predicted octanol–water partition coefficient (Wildman–Crippen LogP) is 4.41. The molecule has 162 valence electrons. The molecule has 0 atom stereocenters.